The van der Waals surface area contributed by atoms with Gasteiger partial charge < -0.3 is 4.90 Å². The third-order valence-electron chi connectivity index (χ3n) is 1.68. The van der Waals surface area contributed by atoms with Crippen LogP contribution in [-0.2, 0) is 9.36 Å². The van der Waals surface area contributed by atoms with Gasteiger partial charge in [-0.2, -0.15) is 0 Å². The highest BCUT2D eigenvalue weighted by atomic mass is 31.1. The third-order valence-corrected chi connectivity index (χ3v) is 1.68. The van der Waals surface area contributed by atoms with Gasteiger partial charge in [-0.25, -0.2) is 0 Å². The minimum absolute atomic E-state index is 0.0116. The van der Waals surface area contributed by atoms with Crippen LogP contribution in [0.5, 0.6) is 0 Å². The zero-order valence-electron chi connectivity index (χ0n) is 9.81. The summed E-state index contributed by atoms with van der Waals surface area (Å²) in [5.41, 5.74) is 0.471. The zero-order valence-corrected chi connectivity index (χ0v) is 10.7. The first kappa shape index (κ1) is 16.7. The van der Waals surface area contributed by atoms with E-state index in [9.17, 15) is 4.79 Å². The lowest BCUT2D eigenvalue weighted by atomic mass is 10.1. The van der Waals surface area contributed by atoms with E-state index >= 15 is 0 Å². The Morgan fingerprint density at radius 3 is 1.67 bits per heavy atom. The van der Waals surface area contributed by atoms with Crippen molar-refractivity contribution in [3.63, 3.8) is 0 Å². The molecule has 5 nitrogen and oxygen atoms in total. The lowest BCUT2D eigenvalue weighted by Crippen LogP contribution is -2.42. The van der Waals surface area contributed by atoms with Crippen LogP contribution in [0.2, 0.25) is 0 Å². The van der Waals surface area contributed by atoms with Gasteiger partial charge in [0.05, 0.1) is 0 Å². The number of amides is 1. The largest absolute Gasteiger partial charge is 0.692 e. The molecule has 0 saturated heterocycles. The standard InChI is InChI=1S/C9H17NO.HO3P/c1-7(2)8(11)10(6)9(3,4)5;1-4(2)3/h1H2,2-6H3;(H-,1,2,3)/p+1. The molecule has 0 radical (unpaired) electrons. The zero-order chi connectivity index (χ0) is 12.8. The molecule has 0 spiro atoms. The molecule has 6 heteroatoms. The van der Waals surface area contributed by atoms with E-state index in [0.717, 1.165) is 0 Å². The van der Waals surface area contributed by atoms with Gasteiger partial charge in [-0.3, -0.25) is 4.79 Å². The molecule has 0 aliphatic heterocycles. The predicted octanol–water partition coefficient (Wildman–Crippen LogP) is 1.45. The number of hydrogen-bond acceptors (Lipinski definition) is 2. The summed E-state index contributed by atoms with van der Waals surface area (Å²) in [6, 6.07) is 0. The number of nitrogens with zero attached hydrogens (tertiary/aromatic N) is 1. The molecule has 0 fully saturated rings. The van der Waals surface area contributed by atoms with Gasteiger partial charge >= 0.3 is 8.25 Å². The van der Waals surface area contributed by atoms with Crippen molar-refractivity contribution in [1.82, 2.24) is 4.90 Å². The Hall–Kier alpha value is -0.770. The molecule has 0 aromatic rings. The molecule has 0 aromatic carbocycles. The highest BCUT2D eigenvalue weighted by molar-refractivity contribution is 7.30. The van der Waals surface area contributed by atoms with Crippen LogP contribution in [0.1, 0.15) is 27.7 Å². The van der Waals surface area contributed by atoms with E-state index < -0.39 is 8.25 Å². The molecule has 1 amide bonds. The normalized spacial score (nSPS) is 9.80. The Labute approximate surface area is 91.4 Å². The maximum atomic E-state index is 11.3. The second-order valence-corrected chi connectivity index (χ2v) is 4.57. The van der Waals surface area contributed by atoms with Gasteiger partial charge in [0.25, 0.3) is 0 Å². The summed E-state index contributed by atoms with van der Waals surface area (Å²) in [5, 5.41) is 0. The Bertz CT molecular complexity index is 253. The molecule has 0 bridgehead atoms. The summed E-state index contributed by atoms with van der Waals surface area (Å²) in [5.74, 6) is 0.0116. The van der Waals surface area contributed by atoms with Crippen LogP contribution in [0.15, 0.2) is 12.2 Å². The summed E-state index contributed by atoms with van der Waals surface area (Å²) in [7, 11) is -1.08. The van der Waals surface area contributed by atoms with E-state index in [1.807, 2.05) is 20.8 Å². The van der Waals surface area contributed by atoms with Gasteiger partial charge in [-0.05, 0) is 27.7 Å². The summed E-state index contributed by atoms with van der Waals surface area (Å²) in [6.07, 6.45) is 0. The van der Waals surface area contributed by atoms with Gasteiger partial charge in [-0.15, -0.1) is 9.79 Å². The second kappa shape index (κ2) is 6.67. The molecule has 0 aliphatic rings. The monoisotopic (exact) mass is 236 g/mol. The van der Waals surface area contributed by atoms with Crippen molar-refractivity contribution < 1.29 is 19.1 Å². The number of carbonyl (C=O) groups excluding carboxylic acids is 1. The van der Waals surface area contributed by atoms with Crippen molar-refractivity contribution in [2.45, 2.75) is 33.2 Å². The van der Waals surface area contributed by atoms with Crippen molar-refractivity contribution in [2.24, 2.45) is 0 Å². The van der Waals surface area contributed by atoms with Crippen LogP contribution >= 0.6 is 8.25 Å². The van der Waals surface area contributed by atoms with Gasteiger partial charge in [0.2, 0.25) is 5.91 Å². The third kappa shape index (κ3) is 9.53. The SMILES string of the molecule is C=C(C)C(=O)N(C)C(C)(C)C.O=[P+](O)O. The van der Waals surface area contributed by atoms with Crippen LogP contribution in [0, 0.1) is 0 Å². The van der Waals surface area contributed by atoms with Gasteiger partial charge in [0, 0.05) is 22.7 Å². The number of rotatable bonds is 1. The maximum Gasteiger partial charge on any atom is 0.692 e. The van der Waals surface area contributed by atoms with Gasteiger partial charge in [0.1, 0.15) is 0 Å². The molecule has 2 N–H and O–H groups in total. The number of hydrogen-bond donors (Lipinski definition) is 2. The predicted molar refractivity (Wildman–Crippen MR) is 59.4 cm³/mol. The molecule has 0 aliphatic carbocycles. The lowest BCUT2D eigenvalue weighted by molar-refractivity contribution is -0.129. The minimum atomic E-state index is -2.87. The van der Waals surface area contributed by atoms with E-state index in [4.69, 9.17) is 14.4 Å². The van der Waals surface area contributed by atoms with Crippen molar-refractivity contribution in [3.8, 4) is 0 Å². The van der Waals surface area contributed by atoms with Crippen LogP contribution in [-0.4, -0.2) is 33.2 Å². The molecule has 0 saturated carbocycles. The quantitative estimate of drug-likeness (QED) is 0.533. The van der Waals surface area contributed by atoms with Crippen molar-refractivity contribution >= 4 is 14.2 Å². The average molecular weight is 236 g/mol. The molecular formula is C9H19NO4P+. The highest BCUT2D eigenvalue weighted by Gasteiger charge is 2.21. The van der Waals surface area contributed by atoms with E-state index in [1.54, 1.807) is 18.9 Å². The molecular weight excluding hydrogens is 217 g/mol. The summed E-state index contributed by atoms with van der Waals surface area (Å²) in [4.78, 5) is 27.2. The van der Waals surface area contributed by atoms with Crippen molar-refractivity contribution in [2.75, 3.05) is 7.05 Å². The first-order valence-electron chi connectivity index (χ1n) is 4.28. The van der Waals surface area contributed by atoms with Crippen molar-refractivity contribution in [1.29, 1.82) is 0 Å². The summed E-state index contributed by atoms with van der Waals surface area (Å²) >= 11 is 0. The number of likely N-dealkylation sites (N-methyl/N-ethyl adjacent to an activating group) is 1. The van der Waals surface area contributed by atoms with Crippen LogP contribution in [0.4, 0.5) is 0 Å². The topological polar surface area (TPSA) is 77.8 Å². The smallest absolute Gasteiger partial charge is 0.337 e. The Morgan fingerprint density at radius 1 is 1.33 bits per heavy atom. The molecule has 88 valence electrons. The molecule has 15 heavy (non-hydrogen) atoms. The first-order chi connectivity index (χ1) is 6.50. The second-order valence-electron chi connectivity index (χ2n) is 4.07. The van der Waals surface area contributed by atoms with E-state index in [1.165, 1.54) is 0 Å². The summed E-state index contributed by atoms with van der Waals surface area (Å²) in [6.45, 7) is 11.3. The average Bonchev–Trinajstić information content (AvgIpc) is 1.98. The summed E-state index contributed by atoms with van der Waals surface area (Å²) < 4.78 is 8.70. The fraction of sp³-hybridized carbons (Fsp3) is 0.667. The maximum absolute atomic E-state index is 11.3. The lowest BCUT2D eigenvalue weighted by Gasteiger charge is -2.32. The van der Waals surface area contributed by atoms with Gasteiger partial charge in [-0.1, -0.05) is 6.58 Å². The fourth-order valence-electron chi connectivity index (χ4n) is 0.591. The van der Waals surface area contributed by atoms with Crippen LogP contribution in [0.3, 0.4) is 0 Å². The highest BCUT2D eigenvalue weighted by Crippen LogP contribution is 2.12. The Kier molecular flexibility index (Phi) is 7.40. The van der Waals surface area contributed by atoms with Crippen LogP contribution in [0.25, 0.3) is 0 Å². The van der Waals surface area contributed by atoms with Crippen molar-refractivity contribution in [3.05, 3.63) is 12.2 Å². The molecule has 0 aromatic heterocycles. The molecule has 0 atom stereocenters. The van der Waals surface area contributed by atoms with E-state index in [-0.39, 0.29) is 11.4 Å². The van der Waals surface area contributed by atoms with E-state index in [0.29, 0.717) is 5.57 Å². The molecule has 0 unspecified atom stereocenters. The van der Waals surface area contributed by atoms with E-state index in [2.05, 4.69) is 6.58 Å². The number of carbonyl (C=O) groups is 1. The van der Waals surface area contributed by atoms with Crippen LogP contribution < -0.4 is 0 Å². The fourth-order valence-corrected chi connectivity index (χ4v) is 0.591. The first-order valence-corrected chi connectivity index (χ1v) is 5.45. The van der Waals surface area contributed by atoms with Gasteiger partial charge in [0.15, 0.2) is 0 Å². The Morgan fingerprint density at radius 2 is 1.60 bits per heavy atom. The minimum Gasteiger partial charge on any atom is -0.337 e. The molecule has 0 rings (SSSR count). The Balaban J connectivity index is 0. The molecule has 0 heterocycles.